The molecule has 2 aromatic carbocycles. The maximum Gasteiger partial charge on any atom is 0.124 e. The third-order valence-electron chi connectivity index (χ3n) is 3.53. The molecule has 2 aromatic rings. The van der Waals surface area contributed by atoms with Gasteiger partial charge in [-0.3, -0.25) is 0 Å². The van der Waals surface area contributed by atoms with E-state index in [1.54, 1.807) is 0 Å². The molecule has 0 N–H and O–H groups in total. The first-order chi connectivity index (χ1) is 9.63. The Morgan fingerprint density at radius 3 is 2.45 bits per heavy atom. The number of rotatable bonds is 5. The fraction of sp³-hybridized carbons (Fsp3) is 0.333. The van der Waals surface area contributed by atoms with Crippen LogP contribution in [0.25, 0.3) is 0 Å². The molecule has 0 heterocycles. The second kappa shape index (κ2) is 6.81. The molecule has 0 bridgehead atoms. The van der Waals surface area contributed by atoms with E-state index in [1.165, 1.54) is 11.1 Å². The lowest BCUT2D eigenvalue weighted by atomic mass is 9.92. The normalized spacial score (nSPS) is 13.8. The molecular weight excluding hydrogens is 268 g/mol. The summed E-state index contributed by atoms with van der Waals surface area (Å²) in [6, 6.07) is 16.6. The average molecular weight is 289 g/mol. The Hall–Kier alpha value is -1.47. The van der Waals surface area contributed by atoms with E-state index in [4.69, 9.17) is 16.3 Å². The summed E-state index contributed by atoms with van der Waals surface area (Å²) in [6.45, 7) is 6.88. The lowest BCUT2D eigenvalue weighted by molar-refractivity contribution is 0.335. The van der Waals surface area contributed by atoms with Gasteiger partial charge in [0.05, 0.1) is 12.0 Å². The van der Waals surface area contributed by atoms with Crippen molar-refractivity contribution in [3.05, 3.63) is 65.2 Å². The van der Waals surface area contributed by atoms with Gasteiger partial charge in [-0.1, -0.05) is 55.0 Å². The topological polar surface area (TPSA) is 9.23 Å². The number of halogens is 1. The lowest BCUT2D eigenvalue weighted by Gasteiger charge is -2.22. The second-order valence-corrected chi connectivity index (χ2v) is 5.55. The molecule has 0 aliphatic heterocycles. The first-order valence-electron chi connectivity index (χ1n) is 7.05. The largest absolute Gasteiger partial charge is 0.494 e. The van der Waals surface area contributed by atoms with Crippen LogP contribution >= 0.6 is 11.6 Å². The van der Waals surface area contributed by atoms with E-state index in [0.29, 0.717) is 6.61 Å². The number of aryl methyl sites for hydroxylation is 1. The van der Waals surface area contributed by atoms with Crippen LogP contribution in [0.1, 0.15) is 41.8 Å². The molecule has 0 radical (unpaired) electrons. The number of hydrogen-bond donors (Lipinski definition) is 0. The van der Waals surface area contributed by atoms with Crippen molar-refractivity contribution in [2.45, 2.75) is 32.1 Å². The maximum absolute atomic E-state index is 6.72. The predicted octanol–water partition coefficient (Wildman–Crippen LogP) is 5.48. The van der Waals surface area contributed by atoms with Gasteiger partial charge < -0.3 is 4.74 Å². The summed E-state index contributed by atoms with van der Waals surface area (Å²) in [4.78, 5) is 0. The van der Waals surface area contributed by atoms with Gasteiger partial charge in [0.25, 0.3) is 0 Å². The zero-order valence-corrected chi connectivity index (χ0v) is 13.0. The highest BCUT2D eigenvalue weighted by Gasteiger charge is 2.21. The molecule has 0 saturated carbocycles. The van der Waals surface area contributed by atoms with Crippen LogP contribution in [0, 0.1) is 6.92 Å². The van der Waals surface area contributed by atoms with Gasteiger partial charge >= 0.3 is 0 Å². The molecule has 0 aliphatic rings. The van der Waals surface area contributed by atoms with E-state index >= 15 is 0 Å². The van der Waals surface area contributed by atoms with E-state index < -0.39 is 0 Å². The molecule has 2 rings (SSSR count). The molecule has 0 aliphatic carbocycles. The smallest absolute Gasteiger partial charge is 0.124 e. The Bertz CT molecular complexity index is 551. The summed E-state index contributed by atoms with van der Waals surface area (Å²) in [7, 11) is 0. The molecule has 2 unspecified atom stereocenters. The van der Waals surface area contributed by atoms with E-state index in [1.807, 2.05) is 19.1 Å². The summed E-state index contributed by atoms with van der Waals surface area (Å²) >= 11 is 6.72. The summed E-state index contributed by atoms with van der Waals surface area (Å²) < 4.78 is 5.71. The fourth-order valence-electron chi connectivity index (χ4n) is 2.37. The highest BCUT2D eigenvalue weighted by Crippen LogP contribution is 2.40. The van der Waals surface area contributed by atoms with Crippen molar-refractivity contribution in [2.75, 3.05) is 6.61 Å². The Kier molecular flexibility index (Phi) is 5.08. The number of alkyl halides is 1. The van der Waals surface area contributed by atoms with Gasteiger partial charge in [-0.15, -0.1) is 11.6 Å². The van der Waals surface area contributed by atoms with E-state index in [9.17, 15) is 0 Å². The van der Waals surface area contributed by atoms with Crippen LogP contribution in [0.2, 0.25) is 0 Å². The Morgan fingerprint density at radius 1 is 1.10 bits per heavy atom. The zero-order valence-electron chi connectivity index (χ0n) is 12.3. The van der Waals surface area contributed by atoms with Crippen molar-refractivity contribution in [3.8, 4) is 5.75 Å². The molecule has 20 heavy (non-hydrogen) atoms. The Labute approximate surface area is 126 Å². The molecule has 0 saturated heterocycles. The molecule has 2 atom stereocenters. The van der Waals surface area contributed by atoms with Crippen LogP contribution in [0.5, 0.6) is 5.75 Å². The zero-order chi connectivity index (χ0) is 14.5. The van der Waals surface area contributed by atoms with Gasteiger partial charge in [0, 0.05) is 11.5 Å². The van der Waals surface area contributed by atoms with E-state index in [-0.39, 0.29) is 11.3 Å². The van der Waals surface area contributed by atoms with Gasteiger partial charge in [0.2, 0.25) is 0 Å². The van der Waals surface area contributed by atoms with Crippen molar-refractivity contribution in [1.29, 1.82) is 0 Å². The molecule has 0 fully saturated rings. The first-order valence-corrected chi connectivity index (χ1v) is 7.49. The number of benzene rings is 2. The van der Waals surface area contributed by atoms with Gasteiger partial charge in [0.15, 0.2) is 0 Å². The molecule has 1 nitrogen and oxygen atoms in total. The standard InChI is InChI=1S/C18H21ClO/c1-4-20-17-11-10-13(2)12-16(17)18(19)14(3)15-8-6-5-7-9-15/h5-12,14,18H,4H2,1-3H3. The van der Waals surface area contributed by atoms with Crippen LogP contribution in [0.3, 0.4) is 0 Å². The van der Waals surface area contributed by atoms with Crippen LogP contribution in [-0.4, -0.2) is 6.61 Å². The van der Waals surface area contributed by atoms with Gasteiger partial charge in [0.1, 0.15) is 5.75 Å². The van der Waals surface area contributed by atoms with E-state index in [2.05, 4.69) is 50.2 Å². The molecular formula is C18H21ClO. The Morgan fingerprint density at radius 2 is 1.80 bits per heavy atom. The predicted molar refractivity (Wildman–Crippen MR) is 85.8 cm³/mol. The summed E-state index contributed by atoms with van der Waals surface area (Å²) in [5, 5.41) is -0.0983. The van der Waals surface area contributed by atoms with Gasteiger partial charge in [-0.05, 0) is 25.5 Å². The van der Waals surface area contributed by atoms with Crippen molar-refractivity contribution in [2.24, 2.45) is 0 Å². The molecule has 0 amide bonds. The van der Waals surface area contributed by atoms with Crippen LogP contribution in [-0.2, 0) is 0 Å². The minimum absolute atomic E-state index is 0.0983. The summed E-state index contributed by atoms with van der Waals surface area (Å²) in [5.41, 5.74) is 3.52. The fourth-order valence-corrected chi connectivity index (χ4v) is 2.68. The van der Waals surface area contributed by atoms with Crippen LogP contribution < -0.4 is 4.74 Å². The van der Waals surface area contributed by atoms with Crippen LogP contribution in [0.4, 0.5) is 0 Å². The maximum atomic E-state index is 6.72. The highest BCUT2D eigenvalue weighted by molar-refractivity contribution is 6.21. The van der Waals surface area contributed by atoms with Gasteiger partial charge in [-0.25, -0.2) is 0 Å². The second-order valence-electron chi connectivity index (χ2n) is 5.08. The quantitative estimate of drug-likeness (QED) is 0.662. The highest BCUT2D eigenvalue weighted by atomic mass is 35.5. The SMILES string of the molecule is CCOc1ccc(C)cc1C(Cl)C(C)c1ccccc1. The summed E-state index contributed by atoms with van der Waals surface area (Å²) in [6.07, 6.45) is 0. The third kappa shape index (κ3) is 3.34. The van der Waals surface area contributed by atoms with Gasteiger partial charge in [-0.2, -0.15) is 0 Å². The third-order valence-corrected chi connectivity index (χ3v) is 4.14. The van der Waals surface area contributed by atoms with Crippen LogP contribution in [0.15, 0.2) is 48.5 Å². The number of ether oxygens (including phenoxy) is 1. The average Bonchev–Trinajstić information content (AvgIpc) is 2.48. The first kappa shape index (κ1) is 14.9. The minimum atomic E-state index is -0.0983. The lowest BCUT2D eigenvalue weighted by Crippen LogP contribution is -2.06. The van der Waals surface area contributed by atoms with Crippen molar-refractivity contribution in [3.63, 3.8) is 0 Å². The number of hydrogen-bond acceptors (Lipinski definition) is 1. The monoisotopic (exact) mass is 288 g/mol. The molecule has 106 valence electrons. The van der Waals surface area contributed by atoms with E-state index in [0.717, 1.165) is 11.3 Å². The van der Waals surface area contributed by atoms with Crippen molar-refractivity contribution >= 4 is 11.6 Å². The molecule has 0 aromatic heterocycles. The summed E-state index contributed by atoms with van der Waals surface area (Å²) in [5.74, 6) is 1.12. The minimum Gasteiger partial charge on any atom is -0.494 e. The Balaban J connectivity index is 2.32. The molecule has 2 heteroatoms. The molecule has 0 spiro atoms. The van der Waals surface area contributed by atoms with Crippen molar-refractivity contribution < 1.29 is 4.74 Å². The van der Waals surface area contributed by atoms with Crippen molar-refractivity contribution in [1.82, 2.24) is 0 Å².